The van der Waals surface area contributed by atoms with E-state index in [9.17, 15) is 14.3 Å². The number of hydrogen-bond donors (Lipinski definition) is 3. The van der Waals surface area contributed by atoms with Crippen LogP contribution in [0, 0.1) is 5.82 Å². The number of aliphatic hydroxyl groups excluding tert-OH is 1. The molecule has 0 saturated heterocycles. The molecule has 0 spiro atoms. The first-order valence-corrected chi connectivity index (χ1v) is 3.97. The summed E-state index contributed by atoms with van der Waals surface area (Å²) in [4.78, 5) is 10.7. The number of aromatic carboxylic acids is 1. The number of rotatable bonds is 3. The number of carboxylic acids is 1. The molecule has 0 radical (unpaired) electrons. The molecule has 0 fully saturated rings. The largest absolute Gasteiger partial charge is 0.478 e. The highest BCUT2D eigenvalue weighted by molar-refractivity contribution is 5.89. The van der Waals surface area contributed by atoms with E-state index >= 15 is 0 Å². The van der Waals surface area contributed by atoms with Crippen LogP contribution in [0.1, 0.15) is 22.0 Å². The zero-order valence-electron chi connectivity index (χ0n) is 7.27. The van der Waals surface area contributed by atoms with Gasteiger partial charge in [0.2, 0.25) is 0 Å². The number of carboxylic acid groups (broad SMARTS) is 1. The molecule has 4 N–H and O–H groups in total. The lowest BCUT2D eigenvalue weighted by Crippen LogP contribution is -2.15. The molecule has 0 aliphatic heterocycles. The third kappa shape index (κ3) is 2.07. The summed E-state index contributed by atoms with van der Waals surface area (Å²) >= 11 is 0. The van der Waals surface area contributed by atoms with Crippen molar-refractivity contribution in [1.29, 1.82) is 0 Å². The predicted octanol–water partition coefficient (Wildman–Crippen LogP) is 0.516. The Hall–Kier alpha value is -1.46. The van der Waals surface area contributed by atoms with Gasteiger partial charge in [0, 0.05) is 6.54 Å². The average molecular weight is 199 g/mol. The van der Waals surface area contributed by atoms with Crippen LogP contribution in [0.2, 0.25) is 0 Å². The molecule has 0 bridgehead atoms. The second-order valence-electron chi connectivity index (χ2n) is 2.79. The molecule has 0 aliphatic rings. The summed E-state index contributed by atoms with van der Waals surface area (Å²) in [5, 5.41) is 18.1. The minimum Gasteiger partial charge on any atom is -0.478 e. The fraction of sp³-hybridized carbons (Fsp3) is 0.222. The first kappa shape index (κ1) is 10.6. The van der Waals surface area contributed by atoms with Gasteiger partial charge in [-0.25, -0.2) is 9.18 Å². The van der Waals surface area contributed by atoms with E-state index in [2.05, 4.69) is 0 Å². The Morgan fingerprint density at radius 3 is 2.71 bits per heavy atom. The quantitative estimate of drug-likeness (QED) is 0.662. The van der Waals surface area contributed by atoms with Crippen LogP contribution in [0.3, 0.4) is 0 Å². The Morgan fingerprint density at radius 2 is 2.21 bits per heavy atom. The monoisotopic (exact) mass is 199 g/mol. The highest BCUT2D eigenvalue weighted by Gasteiger charge is 2.16. The van der Waals surface area contributed by atoms with E-state index in [1.807, 2.05) is 0 Å². The van der Waals surface area contributed by atoms with Gasteiger partial charge in [0.1, 0.15) is 5.82 Å². The number of carbonyl (C=O) groups is 1. The molecule has 1 atom stereocenters. The van der Waals surface area contributed by atoms with E-state index in [0.29, 0.717) is 0 Å². The van der Waals surface area contributed by atoms with Crippen molar-refractivity contribution in [2.24, 2.45) is 5.73 Å². The van der Waals surface area contributed by atoms with Crippen LogP contribution in [0.5, 0.6) is 0 Å². The van der Waals surface area contributed by atoms with Gasteiger partial charge in [0.05, 0.1) is 11.7 Å². The third-order valence-electron chi connectivity index (χ3n) is 1.83. The van der Waals surface area contributed by atoms with Crippen LogP contribution in [-0.4, -0.2) is 22.7 Å². The van der Waals surface area contributed by atoms with Gasteiger partial charge in [-0.15, -0.1) is 0 Å². The van der Waals surface area contributed by atoms with E-state index in [0.717, 1.165) is 12.1 Å². The molecule has 0 heterocycles. The van der Waals surface area contributed by atoms with Crippen molar-refractivity contribution in [2.45, 2.75) is 6.10 Å². The van der Waals surface area contributed by atoms with Gasteiger partial charge in [-0.05, 0) is 17.7 Å². The van der Waals surface area contributed by atoms with Crippen LogP contribution in [0.25, 0.3) is 0 Å². The fourth-order valence-corrected chi connectivity index (χ4v) is 1.13. The summed E-state index contributed by atoms with van der Waals surface area (Å²) < 4.78 is 12.7. The third-order valence-corrected chi connectivity index (χ3v) is 1.83. The van der Waals surface area contributed by atoms with Gasteiger partial charge < -0.3 is 15.9 Å². The number of benzene rings is 1. The van der Waals surface area contributed by atoms with Crippen LogP contribution < -0.4 is 5.73 Å². The maximum absolute atomic E-state index is 12.7. The first-order valence-electron chi connectivity index (χ1n) is 3.97. The maximum atomic E-state index is 12.7. The Labute approximate surface area is 79.8 Å². The number of halogens is 1. The van der Waals surface area contributed by atoms with Gasteiger partial charge in [-0.2, -0.15) is 0 Å². The van der Waals surface area contributed by atoms with E-state index < -0.39 is 17.9 Å². The molecule has 5 heteroatoms. The Morgan fingerprint density at radius 1 is 1.57 bits per heavy atom. The van der Waals surface area contributed by atoms with Crippen molar-refractivity contribution >= 4 is 5.97 Å². The average Bonchev–Trinajstić information content (AvgIpc) is 2.16. The molecule has 1 unspecified atom stereocenters. The lowest BCUT2D eigenvalue weighted by molar-refractivity contribution is 0.0689. The molecule has 1 rings (SSSR count). The van der Waals surface area contributed by atoms with Gasteiger partial charge in [0.15, 0.2) is 0 Å². The van der Waals surface area contributed by atoms with Gasteiger partial charge in [-0.1, -0.05) is 6.07 Å². The molecule has 76 valence electrons. The summed E-state index contributed by atoms with van der Waals surface area (Å²) in [6.45, 7) is -0.105. The van der Waals surface area contributed by atoms with Crippen molar-refractivity contribution in [3.8, 4) is 0 Å². The maximum Gasteiger partial charge on any atom is 0.336 e. The van der Waals surface area contributed by atoms with Crippen molar-refractivity contribution in [3.63, 3.8) is 0 Å². The first-order chi connectivity index (χ1) is 6.56. The number of nitrogens with two attached hydrogens (primary N) is 1. The zero-order chi connectivity index (χ0) is 10.7. The molecule has 0 aromatic heterocycles. The SMILES string of the molecule is NCC(O)c1ccc(F)cc1C(=O)O. The second kappa shape index (κ2) is 4.17. The van der Waals surface area contributed by atoms with Gasteiger partial charge in [0.25, 0.3) is 0 Å². The van der Waals surface area contributed by atoms with Crippen LogP contribution in [0.4, 0.5) is 4.39 Å². The minimum absolute atomic E-state index is 0.105. The molecule has 4 nitrogen and oxygen atoms in total. The van der Waals surface area contributed by atoms with Gasteiger partial charge in [-0.3, -0.25) is 0 Å². The normalized spacial score (nSPS) is 12.5. The van der Waals surface area contributed by atoms with Crippen LogP contribution in [0.15, 0.2) is 18.2 Å². The van der Waals surface area contributed by atoms with Crippen LogP contribution in [-0.2, 0) is 0 Å². The van der Waals surface area contributed by atoms with Crippen molar-refractivity contribution in [3.05, 3.63) is 35.1 Å². The molecule has 1 aromatic rings. The van der Waals surface area contributed by atoms with Crippen molar-refractivity contribution in [2.75, 3.05) is 6.54 Å². The second-order valence-corrected chi connectivity index (χ2v) is 2.79. The molecule has 0 saturated carbocycles. The van der Waals surface area contributed by atoms with E-state index in [-0.39, 0.29) is 17.7 Å². The summed E-state index contributed by atoms with van der Waals surface area (Å²) in [5.41, 5.74) is 5.04. The van der Waals surface area contributed by atoms with Crippen molar-refractivity contribution in [1.82, 2.24) is 0 Å². The Balaban J connectivity index is 3.21. The predicted molar refractivity (Wildman–Crippen MR) is 47.4 cm³/mol. The number of aliphatic hydroxyl groups is 1. The Bertz CT molecular complexity index is 354. The summed E-state index contributed by atoms with van der Waals surface area (Å²) in [5.74, 6) is -1.94. The van der Waals surface area contributed by atoms with Crippen LogP contribution >= 0.6 is 0 Å². The van der Waals surface area contributed by atoms with Gasteiger partial charge >= 0.3 is 5.97 Å². The number of hydrogen-bond acceptors (Lipinski definition) is 3. The highest BCUT2D eigenvalue weighted by Crippen LogP contribution is 2.18. The minimum atomic E-state index is -1.29. The lowest BCUT2D eigenvalue weighted by Gasteiger charge is -2.10. The van der Waals surface area contributed by atoms with E-state index in [4.69, 9.17) is 10.8 Å². The van der Waals surface area contributed by atoms with E-state index in [1.54, 1.807) is 0 Å². The zero-order valence-corrected chi connectivity index (χ0v) is 7.27. The smallest absolute Gasteiger partial charge is 0.336 e. The fourth-order valence-electron chi connectivity index (χ4n) is 1.13. The summed E-state index contributed by atoms with van der Waals surface area (Å²) in [6.07, 6.45) is -1.08. The molecule has 1 aromatic carbocycles. The molecule has 0 amide bonds. The molecule has 0 aliphatic carbocycles. The topological polar surface area (TPSA) is 83.5 Å². The Kier molecular flexibility index (Phi) is 3.16. The summed E-state index contributed by atoms with van der Waals surface area (Å²) in [6, 6.07) is 3.16. The highest BCUT2D eigenvalue weighted by atomic mass is 19.1. The molecular formula is C9H10FNO3. The lowest BCUT2D eigenvalue weighted by atomic mass is 10.0. The standard InChI is InChI=1S/C9H10FNO3/c10-5-1-2-6(8(12)4-11)7(3-5)9(13)14/h1-3,8,12H,4,11H2,(H,13,14). The molecular weight excluding hydrogens is 189 g/mol. The molecule has 14 heavy (non-hydrogen) atoms. The van der Waals surface area contributed by atoms with Crippen molar-refractivity contribution < 1.29 is 19.4 Å². The van der Waals surface area contributed by atoms with E-state index in [1.165, 1.54) is 6.07 Å². The summed E-state index contributed by atoms with van der Waals surface area (Å²) in [7, 11) is 0.